The van der Waals surface area contributed by atoms with Gasteiger partial charge >= 0.3 is 0 Å². The van der Waals surface area contributed by atoms with Crippen LogP contribution in [-0.4, -0.2) is 57.2 Å². The maximum atomic E-state index is 12.5. The second-order valence-electron chi connectivity index (χ2n) is 6.36. The number of aromatic amines is 1. The van der Waals surface area contributed by atoms with Crippen molar-refractivity contribution in [2.75, 3.05) is 19.7 Å². The van der Waals surface area contributed by atoms with Crippen molar-refractivity contribution >= 4 is 11.5 Å². The highest BCUT2D eigenvalue weighted by molar-refractivity contribution is 5.82. The fourth-order valence-electron chi connectivity index (χ4n) is 3.55. The molecule has 0 radical (unpaired) electrons. The first kappa shape index (κ1) is 12.9. The molecule has 1 aliphatic carbocycles. The van der Waals surface area contributed by atoms with Crippen molar-refractivity contribution in [3.8, 4) is 0 Å². The number of aromatic nitrogens is 4. The molecule has 3 heterocycles. The van der Waals surface area contributed by atoms with Gasteiger partial charge in [0.15, 0.2) is 5.82 Å². The molecule has 1 N–H and O–H groups in total. The summed E-state index contributed by atoms with van der Waals surface area (Å²) in [4.78, 5) is 14.4. The number of ether oxygens (including phenoxy) is 1. The predicted molar refractivity (Wildman–Crippen MR) is 74.0 cm³/mol. The highest BCUT2D eigenvalue weighted by atomic mass is 16.5. The molecule has 21 heavy (non-hydrogen) atoms. The maximum absolute atomic E-state index is 12.5. The van der Waals surface area contributed by atoms with Crippen LogP contribution in [0.3, 0.4) is 0 Å². The minimum absolute atomic E-state index is 0.141. The summed E-state index contributed by atoms with van der Waals surface area (Å²) < 4.78 is 5.77. The fourth-order valence-corrected chi connectivity index (χ4v) is 3.55. The Labute approximate surface area is 122 Å². The van der Waals surface area contributed by atoms with E-state index >= 15 is 0 Å². The van der Waals surface area contributed by atoms with Crippen LogP contribution in [0.1, 0.15) is 37.9 Å². The van der Waals surface area contributed by atoms with Crippen LogP contribution >= 0.6 is 0 Å². The number of tetrazole rings is 1. The maximum Gasteiger partial charge on any atom is 0.252 e. The van der Waals surface area contributed by atoms with Gasteiger partial charge in [-0.2, -0.15) is 5.21 Å². The Morgan fingerprint density at radius 1 is 1.48 bits per heavy atom. The summed E-state index contributed by atoms with van der Waals surface area (Å²) in [5.74, 6) is 0.773. The van der Waals surface area contributed by atoms with Crippen molar-refractivity contribution in [1.29, 1.82) is 0 Å². The van der Waals surface area contributed by atoms with E-state index in [2.05, 4.69) is 20.6 Å². The van der Waals surface area contributed by atoms with Crippen LogP contribution in [0.25, 0.3) is 5.57 Å². The van der Waals surface area contributed by atoms with Crippen LogP contribution in [0.2, 0.25) is 0 Å². The zero-order chi connectivity index (χ0) is 14.3. The van der Waals surface area contributed by atoms with Crippen molar-refractivity contribution < 1.29 is 9.53 Å². The molecule has 1 saturated heterocycles. The molecule has 3 aliphatic rings. The number of rotatable bonds is 2. The highest BCUT2D eigenvalue weighted by Gasteiger charge is 2.47. The van der Waals surface area contributed by atoms with Gasteiger partial charge in [-0.05, 0) is 36.3 Å². The van der Waals surface area contributed by atoms with E-state index in [0.717, 1.165) is 25.0 Å². The van der Waals surface area contributed by atoms with Gasteiger partial charge in [0.1, 0.15) is 6.10 Å². The number of amides is 1. The SMILES string of the molecule is O=C(C1CC2(CCC2)CO1)N1CC=C(c2nn[nH]n2)CC1. The van der Waals surface area contributed by atoms with Crippen molar-refractivity contribution in [2.24, 2.45) is 5.41 Å². The zero-order valence-electron chi connectivity index (χ0n) is 11.9. The molecule has 2 aliphatic heterocycles. The second-order valence-corrected chi connectivity index (χ2v) is 6.36. The third kappa shape index (κ3) is 2.25. The molecule has 2 fully saturated rings. The lowest BCUT2D eigenvalue weighted by Gasteiger charge is -2.36. The Hall–Kier alpha value is -1.76. The number of H-pyrrole nitrogens is 1. The number of nitrogens with zero attached hydrogens (tertiary/aromatic N) is 4. The molecule has 4 rings (SSSR count). The summed E-state index contributed by atoms with van der Waals surface area (Å²) in [5.41, 5.74) is 1.37. The zero-order valence-corrected chi connectivity index (χ0v) is 11.9. The average molecular weight is 289 g/mol. The lowest BCUT2D eigenvalue weighted by molar-refractivity contribution is -0.140. The molecular weight excluding hydrogens is 270 g/mol. The molecule has 0 aromatic carbocycles. The van der Waals surface area contributed by atoms with Gasteiger partial charge in [0.25, 0.3) is 5.91 Å². The van der Waals surface area contributed by atoms with Crippen LogP contribution in [0.4, 0.5) is 0 Å². The van der Waals surface area contributed by atoms with Gasteiger partial charge < -0.3 is 9.64 Å². The summed E-state index contributed by atoms with van der Waals surface area (Å²) in [6, 6.07) is 0. The van der Waals surface area contributed by atoms with E-state index in [0.29, 0.717) is 24.3 Å². The van der Waals surface area contributed by atoms with Crippen molar-refractivity contribution in [3.05, 3.63) is 11.9 Å². The first-order valence-corrected chi connectivity index (χ1v) is 7.59. The first-order valence-electron chi connectivity index (χ1n) is 7.59. The molecular formula is C14H19N5O2. The van der Waals surface area contributed by atoms with E-state index in [-0.39, 0.29) is 12.0 Å². The van der Waals surface area contributed by atoms with Gasteiger partial charge in [0.2, 0.25) is 0 Å². The van der Waals surface area contributed by atoms with Gasteiger partial charge in [-0.3, -0.25) is 4.79 Å². The van der Waals surface area contributed by atoms with Gasteiger partial charge in [0.05, 0.1) is 6.61 Å². The molecule has 7 nitrogen and oxygen atoms in total. The second kappa shape index (κ2) is 4.91. The van der Waals surface area contributed by atoms with Gasteiger partial charge in [-0.25, -0.2) is 0 Å². The van der Waals surface area contributed by atoms with Crippen molar-refractivity contribution in [1.82, 2.24) is 25.5 Å². The quantitative estimate of drug-likeness (QED) is 0.869. The Morgan fingerprint density at radius 3 is 2.95 bits per heavy atom. The molecule has 1 atom stereocenters. The molecule has 1 amide bonds. The molecule has 112 valence electrons. The number of hydrogen-bond acceptors (Lipinski definition) is 5. The summed E-state index contributed by atoms with van der Waals surface area (Å²) in [5, 5.41) is 14.0. The molecule has 1 spiro atoms. The van der Waals surface area contributed by atoms with Gasteiger partial charge in [0, 0.05) is 18.7 Å². The summed E-state index contributed by atoms with van der Waals surface area (Å²) in [7, 11) is 0. The molecule has 1 saturated carbocycles. The first-order chi connectivity index (χ1) is 10.3. The lowest BCUT2D eigenvalue weighted by atomic mass is 9.67. The molecule has 0 bridgehead atoms. The average Bonchev–Trinajstić information content (AvgIpc) is 3.15. The van der Waals surface area contributed by atoms with Crippen LogP contribution in [-0.2, 0) is 9.53 Å². The molecule has 1 aromatic rings. The predicted octanol–water partition coefficient (Wildman–Crippen LogP) is 0.775. The van der Waals surface area contributed by atoms with E-state index in [9.17, 15) is 4.79 Å². The third-order valence-electron chi connectivity index (χ3n) is 5.05. The Balaban J connectivity index is 1.38. The van der Waals surface area contributed by atoms with Crippen LogP contribution in [0.15, 0.2) is 6.08 Å². The standard InChI is InChI=1S/C14H19N5O2/c20-13(11-8-14(9-21-11)4-1-5-14)19-6-2-10(3-7-19)12-15-17-18-16-12/h2,11H,1,3-9H2,(H,15,16,17,18). The monoisotopic (exact) mass is 289 g/mol. The van der Waals surface area contributed by atoms with Crippen LogP contribution < -0.4 is 0 Å². The molecule has 7 heteroatoms. The topological polar surface area (TPSA) is 84.0 Å². The molecule has 1 aromatic heterocycles. The Kier molecular flexibility index (Phi) is 3.02. The third-order valence-corrected chi connectivity index (χ3v) is 5.05. The number of carbonyl (C=O) groups excluding carboxylic acids is 1. The van der Waals surface area contributed by atoms with Crippen LogP contribution in [0, 0.1) is 5.41 Å². The van der Waals surface area contributed by atoms with Crippen molar-refractivity contribution in [2.45, 2.75) is 38.2 Å². The molecule has 1 unspecified atom stereocenters. The minimum atomic E-state index is -0.231. The number of carbonyl (C=O) groups is 1. The summed E-state index contributed by atoms with van der Waals surface area (Å²) in [6.07, 6.45) is 7.18. The van der Waals surface area contributed by atoms with Gasteiger partial charge in [-0.15, -0.1) is 10.2 Å². The normalized spacial score (nSPS) is 27.5. The van der Waals surface area contributed by atoms with E-state index in [1.54, 1.807) is 0 Å². The van der Waals surface area contributed by atoms with Crippen LogP contribution in [0.5, 0.6) is 0 Å². The largest absolute Gasteiger partial charge is 0.368 e. The lowest BCUT2D eigenvalue weighted by Crippen LogP contribution is -2.42. The Bertz CT molecular complexity index is 564. The number of hydrogen-bond donors (Lipinski definition) is 1. The van der Waals surface area contributed by atoms with E-state index in [1.807, 2.05) is 11.0 Å². The Morgan fingerprint density at radius 2 is 2.38 bits per heavy atom. The van der Waals surface area contributed by atoms with Gasteiger partial charge in [-0.1, -0.05) is 12.5 Å². The highest BCUT2D eigenvalue weighted by Crippen LogP contribution is 2.49. The van der Waals surface area contributed by atoms with Crippen molar-refractivity contribution in [3.63, 3.8) is 0 Å². The van der Waals surface area contributed by atoms with E-state index in [4.69, 9.17) is 4.74 Å². The smallest absolute Gasteiger partial charge is 0.252 e. The summed E-state index contributed by atoms with van der Waals surface area (Å²) in [6.45, 7) is 2.07. The number of nitrogens with one attached hydrogen (secondary N) is 1. The summed E-state index contributed by atoms with van der Waals surface area (Å²) >= 11 is 0. The van der Waals surface area contributed by atoms with E-state index in [1.165, 1.54) is 19.3 Å². The minimum Gasteiger partial charge on any atom is -0.368 e. The fraction of sp³-hybridized carbons (Fsp3) is 0.714. The van der Waals surface area contributed by atoms with E-state index < -0.39 is 0 Å².